The van der Waals surface area contributed by atoms with Crippen molar-refractivity contribution in [3.05, 3.63) is 0 Å². The van der Waals surface area contributed by atoms with Gasteiger partial charge in [0.2, 0.25) is 0 Å². The molecule has 0 spiro atoms. The van der Waals surface area contributed by atoms with Crippen molar-refractivity contribution in [1.29, 1.82) is 0 Å². The molecule has 0 heterocycles. The second-order valence-corrected chi connectivity index (χ2v) is 2.40. The van der Waals surface area contributed by atoms with E-state index in [0.717, 1.165) is 0 Å². The number of aliphatic hydroxyl groups is 3. The van der Waals surface area contributed by atoms with Gasteiger partial charge in [-0.1, -0.05) is 0 Å². The van der Waals surface area contributed by atoms with Crippen LogP contribution in [-0.4, -0.2) is 66.2 Å². The summed E-state index contributed by atoms with van der Waals surface area (Å²) >= 11 is 0. The quantitative estimate of drug-likeness (QED) is 0.327. The van der Waals surface area contributed by atoms with E-state index in [1.807, 2.05) is 0 Å². The van der Waals surface area contributed by atoms with Crippen LogP contribution in [0.1, 0.15) is 0 Å². The fourth-order valence-corrected chi connectivity index (χ4v) is 0.882. The van der Waals surface area contributed by atoms with E-state index in [9.17, 15) is 5.21 Å². The molecule has 0 aromatic rings. The third-order valence-electron chi connectivity index (χ3n) is 1.52. The largest absolute Gasteiger partial charge is 0.390 e. The number of carbonyl (C=O) groups excluding carboxylic acids is 1. The van der Waals surface area contributed by atoms with Crippen LogP contribution in [0.5, 0.6) is 0 Å². The van der Waals surface area contributed by atoms with Gasteiger partial charge in [0.1, 0.15) is 19.6 Å². The first-order valence-corrected chi connectivity index (χ1v) is 3.78. The predicted molar refractivity (Wildman–Crippen MR) is 42.5 cm³/mol. The highest BCUT2D eigenvalue weighted by Gasteiger charge is 2.25. The van der Waals surface area contributed by atoms with Crippen LogP contribution in [-0.2, 0) is 10.0 Å². The molecule has 0 aliphatic rings. The van der Waals surface area contributed by atoms with Crippen molar-refractivity contribution >= 4 is 6.79 Å². The van der Waals surface area contributed by atoms with Crippen molar-refractivity contribution in [2.75, 3.05) is 39.5 Å². The summed E-state index contributed by atoms with van der Waals surface area (Å²) in [5.74, 6) is 0. The van der Waals surface area contributed by atoms with Gasteiger partial charge in [0.25, 0.3) is 6.79 Å². The number of hydrogen-bond acceptors (Lipinski definition) is 4. The average molecular weight is 193 g/mol. The minimum atomic E-state index is -0.719. The highest BCUT2D eigenvalue weighted by molar-refractivity contribution is 5.12. The molecule has 6 nitrogen and oxygen atoms in total. The maximum absolute atomic E-state index is 11.4. The number of hydroxylamine groups is 3. The van der Waals surface area contributed by atoms with Crippen LogP contribution < -0.4 is 0 Å². The smallest absolute Gasteiger partial charge is 0.281 e. The fraction of sp³-hybridized carbons (Fsp3) is 0.857. The molecule has 0 bridgehead atoms. The first kappa shape index (κ1) is 15.0. The van der Waals surface area contributed by atoms with E-state index in [1.165, 1.54) is 0 Å². The number of rotatable bonds is 6. The summed E-state index contributed by atoms with van der Waals surface area (Å²) in [6, 6.07) is 0. The van der Waals surface area contributed by atoms with Crippen molar-refractivity contribution in [3.63, 3.8) is 0 Å². The number of quaternary nitrogens is 1. The summed E-state index contributed by atoms with van der Waals surface area (Å²) in [5.41, 5.74) is 0. The molecule has 6 heteroatoms. The molecule has 0 saturated carbocycles. The molecular formula is C7H15NO5+. The lowest BCUT2D eigenvalue weighted by atomic mass is 10.4. The van der Waals surface area contributed by atoms with Crippen LogP contribution in [0.4, 0.5) is 0 Å². The van der Waals surface area contributed by atoms with Gasteiger partial charge < -0.3 is 15.3 Å². The number of aliphatic hydroxyl groups excluding tert-OH is 3. The van der Waals surface area contributed by atoms with Gasteiger partial charge in [-0.05, 0) is 0 Å². The number of hydrogen-bond donors (Lipinski definition) is 3. The Bertz CT molecular complexity index is 94.0. The molecule has 0 aliphatic heterocycles. The standard InChI is InChI=1S/C6H15NO4.CO/c8-4-1-7(11,2-5-9)3-6-10;1-2/h8-10H,1-6H2;/q+1;. The molecule has 0 amide bonds. The Balaban J connectivity index is 0. The van der Waals surface area contributed by atoms with Gasteiger partial charge in [0.15, 0.2) is 0 Å². The Labute approximate surface area is 77.2 Å². The van der Waals surface area contributed by atoms with Crippen LogP contribution in [0.3, 0.4) is 0 Å². The van der Waals surface area contributed by atoms with Crippen molar-refractivity contribution in [3.8, 4) is 0 Å². The molecule has 3 radical (unpaired) electrons. The van der Waals surface area contributed by atoms with Crippen molar-refractivity contribution in [1.82, 2.24) is 0 Å². The highest BCUT2D eigenvalue weighted by Crippen LogP contribution is 1.99. The average Bonchev–Trinajstić information content (AvgIpc) is 2.09. The van der Waals surface area contributed by atoms with E-state index in [-0.39, 0.29) is 39.5 Å². The van der Waals surface area contributed by atoms with Gasteiger partial charge in [-0.15, -0.1) is 4.65 Å². The molecule has 0 aromatic heterocycles. The minimum absolute atomic E-state index is 0.0289. The van der Waals surface area contributed by atoms with Crippen molar-refractivity contribution in [2.45, 2.75) is 0 Å². The van der Waals surface area contributed by atoms with Gasteiger partial charge in [-0.2, -0.15) is 0 Å². The Morgan fingerprint density at radius 1 is 0.846 bits per heavy atom. The van der Waals surface area contributed by atoms with Crippen LogP contribution >= 0.6 is 0 Å². The van der Waals surface area contributed by atoms with Gasteiger partial charge in [0, 0.05) is 5.21 Å². The van der Waals surface area contributed by atoms with Crippen molar-refractivity contribution < 1.29 is 30.0 Å². The van der Waals surface area contributed by atoms with Gasteiger partial charge in [-0.3, -0.25) is 4.79 Å². The van der Waals surface area contributed by atoms with Gasteiger partial charge >= 0.3 is 0 Å². The molecule has 0 aromatic carbocycles. The molecule has 0 fully saturated rings. The van der Waals surface area contributed by atoms with E-state index in [4.69, 9.17) is 20.1 Å². The van der Waals surface area contributed by atoms with Crippen LogP contribution in [0.15, 0.2) is 0 Å². The van der Waals surface area contributed by atoms with Crippen LogP contribution in [0.2, 0.25) is 0 Å². The molecule has 3 N–H and O–H groups in total. The summed E-state index contributed by atoms with van der Waals surface area (Å²) < 4.78 is -0.719. The maximum atomic E-state index is 11.4. The normalized spacial score (nSPS) is 10.5. The second kappa shape index (κ2) is 9.56. The molecule has 0 aliphatic carbocycles. The Hall–Kier alpha value is -0.530. The Morgan fingerprint density at radius 3 is 1.23 bits per heavy atom. The zero-order chi connectivity index (χ0) is 10.7. The molecular weight excluding hydrogens is 178 g/mol. The van der Waals surface area contributed by atoms with Crippen molar-refractivity contribution in [2.24, 2.45) is 0 Å². The molecule has 0 unspecified atom stereocenters. The lowest BCUT2D eigenvalue weighted by Gasteiger charge is -2.23. The Kier molecular flexibility index (Phi) is 11.0. The summed E-state index contributed by atoms with van der Waals surface area (Å²) in [6.07, 6.45) is 0. The third kappa shape index (κ3) is 7.82. The molecule has 13 heavy (non-hydrogen) atoms. The predicted octanol–water partition coefficient (Wildman–Crippen LogP) is -2.27. The molecule has 0 atom stereocenters. The summed E-state index contributed by atoms with van der Waals surface area (Å²) in [6.45, 7) is 3.93. The summed E-state index contributed by atoms with van der Waals surface area (Å²) in [5, 5.41) is 36.8. The van der Waals surface area contributed by atoms with E-state index in [1.54, 1.807) is 0 Å². The van der Waals surface area contributed by atoms with E-state index < -0.39 is 4.65 Å². The second-order valence-electron chi connectivity index (χ2n) is 2.40. The zero-order valence-electron chi connectivity index (χ0n) is 7.35. The lowest BCUT2D eigenvalue weighted by molar-refractivity contribution is -1.13. The lowest BCUT2D eigenvalue weighted by Crippen LogP contribution is -2.49. The summed E-state index contributed by atoms with van der Waals surface area (Å²) in [4.78, 5) is 7.50. The molecule has 77 valence electrons. The van der Waals surface area contributed by atoms with E-state index in [2.05, 4.69) is 6.79 Å². The van der Waals surface area contributed by atoms with Crippen LogP contribution in [0.25, 0.3) is 0 Å². The minimum Gasteiger partial charge on any atom is -0.390 e. The van der Waals surface area contributed by atoms with Crippen LogP contribution in [0, 0.1) is 0 Å². The van der Waals surface area contributed by atoms with E-state index in [0.29, 0.717) is 0 Å². The Morgan fingerprint density at radius 2 is 1.08 bits per heavy atom. The topological polar surface area (TPSA) is 97.7 Å². The number of nitrogens with zero attached hydrogens (tertiary/aromatic N) is 1. The summed E-state index contributed by atoms with van der Waals surface area (Å²) in [7, 11) is 0. The zero-order valence-corrected chi connectivity index (χ0v) is 7.35. The van der Waals surface area contributed by atoms with Gasteiger partial charge in [-0.25, -0.2) is 0 Å². The maximum Gasteiger partial charge on any atom is 0.281 e. The first-order chi connectivity index (χ1) is 6.18. The molecule has 0 rings (SSSR count). The first-order valence-electron chi connectivity index (χ1n) is 3.78. The van der Waals surface area contributed by atoms with Gasteiger partial charge in [0.05, 0.1) is 19.8 Å². The molecule has 0 saturated heterocycles. The third-order valence-corrected chi connectivity index (χ3v) is 1.52. The monoisotopic (exact) mass is 193 g/mol. The highest BCUT2D eigenvalue weighted by atomic mass is 16.5. The van der Waals surface area contributed by atoms with E-state index >= 15 is 0 Å². The fourth-order valence-electron chi connectivity index (χ4n) is 0.882. The SMILES string of the molecule is [C]=O.[O][N+](CCO)(CCO)CCO.